The molecule has 148 valence electrons. The van der Waals surface area contributed by atoms with Crippen molar-refractivity contribution in [3.8, 4) is 5.75 Å². The van der Waals surface area contributed by atoms with Gasteiger partial charge in [-0.15, -0.1) is 11.8 Å². The summed E-state index contributed by atoms with van der Waals surface area (Å²) >= 11 is 1.93. The number of rotatable bonds is 8. The topological polar surface area (TPSA) is 27.1 Å². The molecule has 0 bridgehead atoms. The molecule has 0 fully saturated rings. The van der Waals surface area contributed by atoms with E-state index in [2.05, 4.69) is 85.8 Å². The highest BCUT2D eigenvalue weighted by Gasteiger charge is 2.15. The maximum Gasteiger partial charge on any atom is 0.119 e. The fraction of sp³-hybridized carbons (Fsp3) is 0.375. The van der Waals surface area contributed by atoms with E-state index in [-0.39, 0.29) is 5.41 Å². The van der Waals surface area contributed by atoms with Gasteiger partial charge in [-0.2, -0.15) is 0 Å². The number of benzene rings is 2. The molecule has 3 rings (SSSR count). The molecule has 3 aromatic rings. The van der Waals surface area contributed by atoms with Gasteiger partial charge in [0.2, 0.25) is 0 Å². The zero-order valence-corrected chi connectivity index (χ0v) is 18.1. The second-order valence-electron chi connectivity index (χ2n) is 8.26. The Morgan fingerprint density at radius 2 is 1.75 bits per heavy atom. The lowest BCUT2D eigenvalue weighted by atomic mass is 9.87. The van der Waals surface area contributed by atoms with Crippen molar-refractivity contribution in [2.75, 3.05) is 6.61 Å². The molecule has 0 amide bonds. The van der Waals surface area contributed by atoms with E-state index in [1.54, 1.807) is 0 Å². The molecule has 0 aliphatic heterocycles. The quantitative estimate of drug-likeness (QED) is 0.478. The molecule has 1 aromatic heterocycles. The van der Waals surface area contributed by atoms with Crippen LogP contribution < -0.4 is 4.74 Å². The first-order valence-electron chi connectivity index (χ1n) is 9.76. The fourth-order valence-electron chi connectivity index (χ4n) is 2.92. The van der Waals surface area contributed by atoms with Crippen LogP contribution in [-0.2, 0) is 17.7 Å². The fourth-order valence-corrected chi connectivity index (χ4v) is 3.98. The molecule has 1 unspecified atom stereocenters. The Kier molecular flexibility index (Phi) is 6.84. The van der Waals surface area contributed by atoms with Gasteiger partial charge >= 0.3 is 0 Å². The molecule has 3 nitrogen and oxygen atoms in total. The van der Waals surface area contributed by atoms with Crippen molar-refractivity contribution >= 4 is 11.8 Å². The molecule has 1 atom stereocenters. The number of ether oxygens (including phenoxy) is 1. The molecule has 0 saturated heterocycles. The lowest BCUT2D eigenvalue weighted by Gasteiger charge is -2.20. The highest BCUT2D eigenvalue weighted by Crippen LogP contribution is 2.25. The van der Waals surface area contributed by atoms with Crippen LogP contribution in [0.4, 0.5) is 0 Å². The first kappa shape index (κ1) is 20.5. The molecule has 2 aromatic carbocycles. The maximum absolute atomic E-state index is 6.14. The lowest BCUT2D eigenvalue weighted by Crippen LogP contribution is -2.21. The van der Waals surface area contributed by atoms with Crippen LogP contribution in [0.1, 0.15) is 37.5 Å². The lowest BCUT2D eigenvalue weighted by molar-refractivity contribution is 0.307. The minimum absolute atomic E-state index is 0.159. The van der Waals surface area contributed by atoms with Gasteiger partial charge in [-0.3, -0.25) is 0 Å². The average Bonchev–Trinajstić information content (AvgIpc) is 3.18. The van der Waals surface area contributed by atoms with Gasteiger partial charge in [0.05, 0.1) is 11.6 Å². The van der Waals surface area contributed by atoms with Gasteiger partial charge in [-0.1, -0.05) is 62.7 Å². The van der Waals surface area contributed by atoms with Crippen molar-refractivity contribution in [1.29, 1.82) is 0 Å². The molecular formula is C24H30N2OS. The second kappa shape index (κ2) is 9.33. The predicted molar refractivity (Wildman–Crippen MR) is 119 cm³/mol. The second-order valence-corrected chi connectivity index (χ2v) is 9.55. The molecule has 0 aliphatic rings. The van der Waals surface area contributed by atoms with E-state index in [4.69, 9.17) is 4.74 Å². The largest absolute Gasteiger partial charge is 0.492 e. The van der Waals surface area contributed by atoms with Crippen LogP contribution in [-0.4, -0.2) is 21.4 Å². The van der Waals surface area contributed by atoms with Crippen LogP contribution in [0, 0.1) is 6.92 Å². The third-order valence-electron chi connectivity index (χ3n) is 4.74. The Balaban J connectivity index is 1.60. The summed E-state index contributed by atoms with van der Waals surface area (Å²) in [6.07, 6.45) is 5.71. The van der Waals surface area contributed by atoms with E-state index in [1.807, 2.05) is 30.5 Å². The number of hydrogen-bond donors (Lipinski definition) is 0. The predicted octanol–water partition coefficient (Wildman–Crippen LogP) is 5.87. The first-order valence-corrected chi connectivity index (χ1v) is 10.8. The number of hydrogen-bond acceptors (Lipinski definition) is 3. The highest BCUT2D eigenvalue weighted by molar-refractivity contribution is 7.99. The van der Waals surface area contributed by atoms with E-state index in [9.17, 15) is 0 Å². The first-order chi connectivity index (χ1) is 13.4. The van der Waals surface area contributed by atoms with Gasteiger partial charge in [0.15, 0.2) is 0 Å². The van der Waals surface area contributed by atoms with E-state index in [1.165, 1.54) is 16.7 Å². The van der Waals surface area contributed by atoms with Crippen LogP contribution in [0.15, 0.2) is 67.3 Å². The Morgan fingerprint density at radius 3 is 2.36 bits per heavy atom. The van der Waals surface area contributed by atoms with Crippen LogP contribution in [0.5, 0.6) is 5.75 Å². The van der Waals surface area contributed by atoms with E-state index in [0.717, 1.165) is 18.0 Å². The summed E-state index contributed by atoms with van der Waals surface area (Å²) in [4.78, 5) is 4.17. The van der Waals surface area contributed by atoms with Crippen molar-refractivity contribution in [3.63, 3.8) is 0 Å². The summed E-state index contributed by atoms with van der Waals surface area (Å²) in [6.45, 7) is 10.4. The minimum Gasteiger partial charge on any atom is -0.492 e. The number of thioether (sulfide) groups is 1. The van der Waals surface area contributed by atoms with E-state index < -0.39 is 0 Å². The summed E-state index contributed by atoms with van der Waals surface area (Å²) in [5.41, 5.74) is 4.13. The van der Waals surface area contributed by atoms with E-state index in [0.29, 0.717) is 11.9 Å². The third kappa shape index (κ3) is 6.16. The molecular weight excluding hydrogens is 364 g/mol. The number of aryl methyl sites for hydroxylation is 1. The van der Waals surface area contributed by atoms with Crippen molar-refractivity contribution < 1.29 is 4.74 Å². The summed E-state index contributed by atoms with van der Waals surface area (Å²) < 4.78 is 8.26. The zero-order chi connectivity index (χ0) is 20.0. The molecule has 0 radical (unpaired) electrons. The normalized spacial score (nSPS) is 12.7. The Hall–Kier alpha value is -2.20. The minimum atomic E-state index is 0.159. The van der Waals surface area contributed by atoms with Crippen molar-refractivity contribution in [2.24, 2.45) is 0 Å². The third-order valence-corrected chi connectivity index (χ3v) is 5.99. The van der Waals surface area contributed by atoms with Crippen molar-refractivity contribution in [2.45, 2.75) is 50.7 Å². The smallest absolute Gasteiger partial charge is 0.119 e. The number of nitrogens with zero attached hydrogens (tertiary/aromatic N) is 2. The number of imidazole rings is 1. The molecule has 28 heavy (non-hydrogen) atoms. The van der Waals surface area contributed by atoms with Crippen molar-refractivity contribution in [1.82, 2.24) is 9.55 Å². The highest BCUT2D eigenvalue weighted by atomic mass is 32.2. The molecule has 1 heterocycles. The summed E-state index contributed by atoms with van der Waals surface area (Å²) in [7, 11) is 0. The van der Waals surface area contributed by atoms with Crippen LogP contribution >= 0.6 is 11.8 Å². The van der Waals surface area contributed by atoms with Crippen LogP contribution in [0.2, 0.25) is 0 Å². The SMILES string of the molecule is Cc1ccc(CSC(COc2ccc(C(C)(C)C)cc2)Cn2ccnc2)cc1. The van der Waals surface area contributed by atoms with Crippen molar-refractivity contribution in [3.05, 3.63) is 83.9 Å². The van der Waals surface area contributed by atoms with Gasteiger partial charge < -0.3 is 9.30 Å². The monoisotopic (exact) mass is 394 g/mol. The number of aromatic nitrogens is 2. The molecule has 0 N–H and O–H groups in total. The average molecular weight is 395 g/mol. The van der Waals surface area contributed by atoms with Crippen LogP contribution in [0.3, 0.4) is 0 Å². The summed E-state index contributed by atoms with van der Waals surface area (Å²) in [6, 6.07) is 17.3. The van der Waals surface area contributed by atoms with Gasteiger partial charge in [0, 0.05) is 24.7 Å². The Labute approximate surface area is 173 Å². The Morgan fingerprint density at radius 1 is 1.04 bits per heavy atom. The Bertz CT molecular complexity index is 834. The zero-order valence-electron chi connectivity index (χ0n) is 17.3. The van der Waals surface area contributed by atoms with Gasteiger partial charge in [-0.05, 0) is 35.6 Å². The standard InChI is InChI=1S/C24H30N2OS/c1-19-5-7-20(8-6-19)17-28-23(15-26-14-13-25-18-26)16-27-22-11-9-21(10-12-22)24(2,3)4/h5-14,18,23H,15-17H2,1-4H3. The van der Waals surface area contributed by atoms with Gasteiger partial charge in [0.1, 0.15) is 12.4 Å². The van der Waals surface area contributed by atoms with E-state index >= 15 is 0 Å². The van der Waals surface area contributed by atoms with Crippen LogP contribution in [0.25, 0.3) is 0 Å². The molecule has 4 heteroatoms. The molecule has 0 aliphatic carbocycles. The molecule has 0 spiro atoms. The maximum atomic E-state index is 6.14. The van der Waals surface area contributed by atoms with Gasteiger partial charge in [-0.25, -0.2) is 4.98 Å². The van der Waals surface area contributed by atoms with Gasteiger partial charge in [0.25, 0.3) is 0 Å². The molecule has 0 saturated carbocycles. The summed E-state index contributed by atoms with van der Waals surface area (Å²) in [5, 5.41) is 0.345. The summed E-state index contributed by atoms with van der Waals surface area (Å²) in [5.74, 6) is 1.91.